The SMILES string of the molecule is CC(C)(C)c1ccnc(-n2c3[c-]c(-n4c5[c-]c(-c6cnc7cc8ccccc8cc7n6)ccc5c5cc6ccccc6cc54)ccc3c3cccnc32)c1.[Pt+2]. The molecule has 55 heavy (non-hydrogen) atoms. The first-order valence-corrected chi connectivity index (χ1v) is 18.2. The minimum atomic E-state index is -0.0404. The van der Waals surface area contributed by atoms with Gasteiger partial charge in [-0.3, -0.25) is 9.97 Å². The normalized spacial score (nSPS) is 12.1. The van der Waals surface area contributed by atoms with Gasteiger partial charge in [-0.05, 0) is 85.2 Å². The standard InChI is InChI=1S/C48H32N6.Pt/c1-48(2,3)34-18-20-49-46(26-34)54-45-27-35(15-17-36(45)38-13-8-19-50-47(38)54)53-43-25-33(14-16-37(43)39-21-29-9-4-7-12-32(29)24-44(39)53)42-28-51-40-22-30-10-5-6-11-31(30)23-41(40)52-42;/h4-24,26,28H,1-3H3;/q-2;+2. The van der Waals surface area contributed by atoms with Gasteiger partial charge in [-0.25, -0.2) is 9.97 Å². The molecule has 0 amide bonds. The maximum atomic E-state index is 5.11. The second kappa shape index (κ2) is 12.4. The van der Waals surface area contributed by atoms with Gasteiger partial charge in [-0.1, -0.05) is 98.0 Å². The molecule has 5 aromatic heterocycles. The number of pyridine rings is 2. The Hall–Kier alpha value is -6.23. The first-order chi connectivity index (χ1) is 26.4. The van der Waals surface area contributed by atoms with Gasteiger partial charge in [-0.15, -0.1) is 41.3 Å². The number of fused-ring (bicyclic) bond motifs is 9. The van der Waals surface area contributed by atoms with E-state index in [1.807, 2.05) is 24.7 Å². The molecule has 11 aromatic rings. The van der Waals surface area contributed by atoms with Crippen LogP contribution < -0.4 is 0 Å². The van der Waals surface area contributed by atoms with Crippen LogP contribution in [0.2, 0.25) is 0 Å². The van der Waals surface area contributed by atoms with Crippen molar-refractivity contribution in [1.29, 1.82) is 0 Å². The topological polar surface area (TPSA) is 61.4 Å². The van der Waals surface area contributed by atoms with E-state index in [0.717, 1.165) is 88.3 Å². The molecule has 6 aromatic carbocycles. The summed E-state index contributed by atoms with van der Waals surface area (Å²) in [5.74, 6) is 0.819. The van der Waals surface area contributed by atoms with Crippen LogP contribution in [0, 0.1) is 12.1 Å². The Bertz CT molecular complexity index is 3330. The maximum absolute atomic E-state index is 5.11. The number of aromatic nitrogens is 6. The molecule has 0 saturated carbocycles. The van der Waals surface area contributed by atoms with Crippen LogP contribution in [0.5, 0.6) is 0 Å². The van der Waals surface area contributed by atoms with E-state index >= 15 is 0 Å². The Labute approximate surface area is 331 Å². The van der Waals surface area contributed by atoms with Crippen LogP contribution in [0.3, 0.4) is 0 Å². The van der Waals surface area contributed by atoms with Crippen molar-refractivity contribution < 1.29 is 21.1 Å². The molecule has 0 bridgehead atoms. The summed E-state index contributed by atoms with van der Waals surface area (Å²) >= 11 is 0. The molecule has 7 heteroatoms. The summed E-state index contributed by atoms with van der Waals surface area (Å²) in [4.78, 5) is 19.7. The van der Waals surface area contributed by atoms with Gasteiger partial charge in [0.1, 0.15) is 11.5 Å². The Morgan fingerprint density at radius 1 is 0.545 bits per heavy atom. The minimum Gasteiger partial charge on any atom is -0.352 e. The summed E-state index contributed by atoms with van der Waals surface area (Å²) in [6, 6.07) is 50.4. The zero-order valence-corrected chi connectivity index (χ0v) is 32.6. The summed E-state index contributed by atoms with van der Waals surface area (Å²) in [6.07, 6.45) is 5.60. The fourth-order valence-electron chi connectivity index (χ4n) is 7.97. The predicted molar refractivity (Wildman–Crippen MR) is 221 cm³/mol. The van der Waals surface area contributed by atoms with Crippen LogP contribution in [-0.2, 0) is 26.5 Å². The van der Waals surface area contributed by atoms with E-state index in [0.29, 0.717) is 0 Å². The van der Waals surface area contributed by atoms with Gasteiger partial charge < -0.3 is 9.13 Å². The molecular weight excluding hydrogens is 856 g/mol. The van der Waals surface area contributed by atoms with Gasteiger partial charge in [0.05, 0.1) is 11.0 Å². The van der Waals surface area contributed by atoms with E-state index in [-0.39, 0.29) is 26.5 Å². The Morgan fingerprint density at radius 3 is 2.02 bits per heavy atom. The van der Waals surface area contributed by atoms with E-state index in [9.17, 15) is 0 Å². The van der Waals surface area contributed by atoms with E-state index < -0.39 is 0 Å². The third kappa shape index (κ3) is 5.27. The molecule has 0 spiro atoms. The van der Waals surface area contributed by atoms with E-state index in [4.69, 9.17) is 19.9 Å². The second-order valence-corrected chi connectivity index (χ2v) is 15.1. The molecule has 0 fully saturated rings. The van der Waals surface area contributed by atoms with E-state index in [2.05, 4.69) is 157 Å². The van der Waals surface area contributed by atoms with Crippen molar-refractivity contribution in [2.24, 2.45) is 0 Å². The molecule has 0 aliphatic rings. The molecular formula is C48H32N6Pt. The molecule has 264 valence electrons. The number of hydrogen-bond donors (Lipinski definition) is 0. The van der Waals surface area contributed by atoms with E-state index in [1.165, 1.54) is 16.3 Å². The summed E-state index contributed by atoms with van der Waals surface area (Å²) in [5, 5.41) is 9.04. The molecule has 0 aliphatic heterocycles. The molecule has 0 N–H and O–H groups in total. The van der Waals surface area contributed by atoms with Gasteiger partial charge in [0.25, 0.3) is 0 Å². The molecule has 0 radical (unpaired) electrons. The largest absolute Gasteiger partial charge is 2.00 e. The summed E-state index contributed by atoms with van der Waals surface area (Å²) < 4.78 is 4.44. The molecule has 6 nitrogen and oxygen atoms in total. The van der Waals surface area contributed by atoms with Gasteiger partial charge in [0.2, 0.25) is 0 Å². The third-order valence-electron chi connectivity index (χ3n) is 10.7. The Balaban J connectivity index is 0.00000372. The van der Waals surface area contributed by atoms with Crippen molar-refractivity contribution in [3.05, 3.63) is 158 Å². The second-order valence-electron chi connectivity index (χ2n) is 15.1. The molecule has 5 heterocycles. The Morgan fingerprint density at radius 2 is 1.24 bits per heavy atom. The van der Waals surface area contributed by atoms with Crippen LogP contribution in [0.1, 0.15) is 26.3 Å². The molecule has 0 unspecified atom stereocenters. The van der Waals surface area contributed by atoms with Crippen molar-refractivity contribution in [2.45, 2.75) is 26.2 Å². The minimum absolute atomic E-state index is 0. The van der Waals surface area contributed by atoms with Crippen molar-refractivity contribution in [1.82, 2.24) is 29.1 Å². The fourth-order valence-corrected chi connectivity index (χ4v) is 7.97. The monoisotopic (exact) mass is 887 g/mol. The smallest absolute Gasteiger partial charge is 0.352 e. The van der Waals surface area contributed by atoms with Gasteiger partial charge in [0.15, 0.2) is 0 Å². The zero-order valence-electron chi connectivity index (χ0n) is 30.3. The molecule has 0 saturated heterocycles. The zero-order chi connectivity index (χ0) is 36.1. The van der Waals surface area contributed by atoms with Crippen LogP contribution in [0.15, 0.2) is 140 Å². The van der Waals surface area contributed by atoms with Gasteiger partial charge in [0, 0.05) is 29.8 Å². The Kier molecular flexibility index (Phi) is 7.52. The van der Waals surface area contributed by atoms with Crippen LogP contribution in [0.4, 0.5) is 0 Å². The van der Waals surface area contributed by atoms with Crippen molar-refractivity contribution in [3.8, 4) is 22.8 Å². The molecule has 0 aliphatic carbocycles. The maximum Gasteiger partial charge on any atom is 2.00 e. The third-order valence-corrected chi connectivity index (χ3v) is 10.7. The average molecular weight is 888 g/mol. The van der Waals surface area contributed by atoms with Crippen molar-refractivity contribution >= 4 is 76.3 Å². The number of benzene rings is 6. The summed E-state index contributed by atoms with van der Waals surface area (Å²) in [6.45, 7) is 6.67. The summed E-state index contributed by atoms with van der Waals surface area (Å²) in [7, 11) is 0. The summed E-state index contributed by atoms with van der Waals surface area (Å²) in [5.41, 5.74) is 9.24. The van der Waals surface area contributed by atoms with E-state index in [1.54, 1.807) is 0 Å². The number of rotatable bonds is 3. The first-order valence-electron chi connectivity index (χ1n) is 18.2. The quantitative estimate of drug-likeness (QED) is 0.131. The van der Waals surface area contributed by atoms with Crippen molar-refractivity contribution in [2.75, 3.05) is 0 Å². The molecule has 11 rings (SSSR count). The predicted octanol–water partition coefficient (Wildman–Crippen LogP) is 11.5. The van der Waals surface area contributed by atoms with Gasteiger partial charge >= 0.3 is 21.1 Å². The molecule has 0 atom stereocenters. The van der Waals surface area contributed by atoms with Crippen LogP contribution in [0.25, 0.3) is 99.1 Å². The van der Waals surface area contributed by atoms with Crippen LogP contribution >= 0.6 is 0 Å². The number of hydrogen-bond acceptors (Lipinski definition) is 4. The van der Waals surface area contributed by atoms with Crippen molar-refractivity contribution in [3.63, 3.8) is 0 Å². The van der Waals surface area contributed by atoms with Gasteiger partial charge in [-0.2, -0.15) is 6.07 Å². The fraction of sp³-hybridized carbons (Fsp3) is 0.0833. The van der Waals surface area contributed by atoms with Crippen LogP contribution in [-0.4, -0.2) is 29.1 Å². The first kappa shape index (κ1) is 33.3. The number of nitrogens with zero attached hydrogens (tertiary/aromatic N) is 6. The average Bonchev–Trinajstić information content (AvgIpc) is 3.70.